The van der Waals surface area contributed by atoms with Crippen LogP contribution in [0.2, 0.25) is 0 Å². The molecule has 1 aliphatic heterocycles. The van der Waals surface area contributed by atoms with Crippen LogP contribution in [0.15, 0.2) is 42.6 Å². The number of hydrogen-bond donors (Lipinski definition) is 2. The van der Waals surface area contributed by atoms with Crippen molar-refractivity contribution in [3.8, 4) is 11.5 Å². The zero-order valence-electron chi connectivity index (χ0n) is 17.6. The molecule has 0 saturated carbocycles. The molecule has 4 rings (SSSR count). The average Bonchev–Trinajstić information content (AvgIpc) is 2.75. The van der Waals surface area contributed by atoms with Gasteiger partial charge in [0.15, 0.2) is 5.82 Å². The molecular formula is C21H18F6N6O. The van der Waals surface area contributed by atoms with Gasteiger partial charge in [-0.05, 0) is 24.3 Å². The Hall–Kier alpha value is -3.48. The second-order valence-corrected chi connectivity index (χ2v) is 8.08. The molecule has 0 radical (unpaired) electrons. The summed E-state index contributed by atoms with van der Waals surface area (Å²) in [6.45, 7) is 3.48. The first-order chi connectivity index (χ1) is 15.9. The highest BCUT2D eigenvalue weighted by molar-refractivity contribution is 5.64. The predicted molar refractivity (Wildman–Crippen MR) is 110 cm³/mol. The van der Waals surface area contributed by atoms with Gasteiger partial charge in [0.25, 0.3) is 0 Å². The number of rotatable bonds is 6. The minimum Gasteiger partial charge on any atom is -0.380 e. The van der Waals surface area contributed by atoms with Crippen molar-refractivity contribution in [2.45, 2.75) is 19.3 Å². The number of anilines is 3. The first-order valence-corrected chi connectivity index (χ1v) is 9.97. The number of nitrogens with zero attached hydrogens (tertiary/aromatic N) is 4. The fourth-order valence-corrected chi connectivity index (χ4v) is 3.10. The van der Waals surface area contributed by atoms with E-state index in [9.17, 15) is 26.3 Å². The first kappa shape index (κ1) is 23.7. The second kappa shape index (κ2) is 8.70. The molecule has 0 amide bonds. The Kier molecular flexibility index (Phi) is 6.06. The van der Waals surface area contributed by atoms with Crippen LogP contribution in [-0.2, 0) is 17.1 Å². The van der Waals surface area contributed by atoms with Crippen LogP contribution in [0.3, 0.4) is 0 Å². The molecule has 0 spiro atoms. The van der Waals surface area contributed by atoms with Gasteiger partial charge in [0.05, 0.1) is 13.2 Å². The molecule has 0 aliphatic carbocycles. The van der Waals surface area contributed by atoms with E-state index in [0.717, 1.165) is 18.3 Å². The number of halogens is 6. The number of ether oxygens (including phenoxy) is 1. The lowest BCUT2D eigenvalue weighted by molar-refractivity contribution is -0.141. The predicted octanol–water partition coefficient (Wildman–Crippen LogP) is 5.16. The van der Waals surface area contributed by atoms with Crippen molar-refractivity contribution in [3.63, 3.8) is 0 Å². The molecule has 3 aromatic rings. The summed E-state index contributed by atoms with van der Waals surface area (Å²) in [7, 11) is 0. The van der Waals surface area contributed by atoms with Crippen LogP contribution in [0, 0.1) is 5.41 Å². The summed E-state index contributed by atoms with van der Waals surface area (Å²) in [6.07, 6.45) is -8.33. The average molecular weight is 484 g/mol. The van der Waals surface area contributed by atoms with Gasteiger partial charge >= 0.3 is 12.4 Å². The summed E-state index contributed by atoms with van der Waals surface area (Å²) < 4.78 is 83.6. The standard InChI is InChI=1S/C21H18F6N6O/c1-19(10-34-11-19)9-29-16-8-17(30-12-5-6-28-15(7-12)21(25,26)27)33-18(32-16)13-3-2-4-14(31-13)20(22,23)24/h2-8H,9-11H2,1H3,(H2,28,29,30,32,33). The lowest BCUT2D eigenvalue weighted by Gasteiger charge is -2.38. The van der Waals surface area contributed by atoms with Gasteiger partial charge in [-0.25, -0.2) is 15.0 Å². The van der Waals surface area contributed by atoms with Crippen LogP contribution in [0.1, 0.15) is 18.3 Å². The summed E-state index contributed by atoms with van der Waals surface area (Å²) in [5.41, 5.74) is -2.49. The highest BCUT2D eigenvalue weighted by Crippen LogP contribution is 2.32. The van der Waals surface area contributed by atoms with E-state index in [1.54, 1.807) is 0 Å². The van der Waals surface area contributed by atoms with Crippen LogP contribution in [0.4, 0.5) is 43.7 Å². The summed E-state index contributed by atoms with van der Waals surface area (Å²) in [5.74, 6) is 0.171. The lowest BCUT2D eigenvalue weighted by atomic mass is 9.89. The Labute approximate surface area is 189 Å². The molecule has 13 heteroatoms. The summed E-state index contributed by atoms with van der Waals surface area (Å²) in [6, 6.07) is 6.84. The molecule has 0 bridgehead atoms. The third kappa shape index (κ3) is 5.53. The zero-order chi connectivity index (χ0) is 24.6. The second-order valence-electron chi connectivity index (χ2n) is 8.08. The summed E-state index contributed by atoms with van der Waals surface area (Å²) in [4.78, 5) is 15.3. The smallest absolute Gasteiger partial charge is 0.380 e. The molecule has 1 saturated heterocycles. The fraction of sp³-hybridized carbons (Fsp3) is 0.333. The van der Waals surface area contributed by atoms with Gasteiger partial charge in [0.1, 0.15) is 28.7 Å². The van der Waals surface area contributed by atoms with E-state index >= 15 is 0 Å². The van der Waals surface area contributed by atoms with Gasteiger partial charge in [-0.2, -0.15) is 26.3 Å². The third-order valence-electron chi connectivity index (χ3n) is 4.91. The van der Waals surface area contributed by atoms with E-state index < -0.39 is 23.7 Å². The molecule has 4 heterocycles. The van der Waals surface area contributed by atoms with Crippen molar-refractivity contribution in [2.75, 3.05) is 30.4 Å². The van der Waals surface area contributed by atoms with Crippen molar-refractivity contribution in [1.82, 2.24) is 19.9 Å². The van der Waals surface area contributed by atoms with Crippen LogP contribution >= 0.6 is 0 Å². The molecule has 1 fully saturated rings. The number of nitrogens with one attached hydrogen (secondary N) is 2. The van der Waals surface area contributed by atoms with Gasteiger partial charge < -0.3 is 15.4 Å². The number of alkyl halides is 6. The maximum absolute atomic E-state index is 13.1. The van der Waals surface area contributed by atoms with Crippen molar-refractivity contribution < 1.29 is 31.1 Å². The maximum Gasteiger partial charge on any atom is 0.433 e. The van der Waals surface area contributed by atoms with Gasteiger partial charge in [-0.1, -0.05) is 13.0 Å². The summed E-state index contributed by atoms with van der Waals surface area (Å²) >= 11 is 0. The minimum atomic E-state index is -4.67. The maximum atomic E-state index is 13.1. The van der Waals surface area contributed by atoms with Crippen molar-refractivity contribution >= 4 is 17.3 Å². The zero-order valence-corrected chi connectivity index (χ0v) is 17.6. The Morgan fingerprint density at radius 1 is 0.912 bits per heavy atom. The highest BCUT2D eigenvalue weighted by atomic mass is 19.4. The van der Waals surface area contributed by atoms with Gasteiger partial charge in [0.2, 0.25) is 0 Å². The van der Waals surface area contributed by atoms with E-state index in [2.05, 4.69) is 30.6 Å². The van der Waals surface area contributed by atoms with Gasteiger partial charge in [0, 0.05) is 29.9 Å². The monoisotopic (exact) mass is 484 g/mol. The molecule has 7 nitrogen and oxygen atoms in total. The lowest BCUT2D eigenvalue weighted by Crippen LogP contribution is -2.45. The molecule has 0 aromatic carbocycles. The van der Waals surface area contributed by atoms with E-state index in [4.69, 9.17) is 4.74 Å². The number of aromatic nitrogens is 4. The number of pyridine rings is 2. The normalized spacial score (nSPS) is 15.5. The minimum absolute atomic E-state index is 0.0364. The molecule has 0 unspecified atom stereocenters. The van der Waals surface area contributed by atoms with Gasteiger partial charge in [-0.15, -0.1) is 0 Å². The molecule has 34 heavy (non-hydrogen) atoms. The SMILES string of the molecule is CC1(CNc2cc(Nc3ccnc(C(F)(F)F)c3)nc(-c3cccc(C(F)(F)F)n3)n2)COC1. The highest BCUT2D eigenvalue weighted by Gasteiger charge is 2.34. The van der Waals surface area contributed by atoms with Crippen LogP contribution in [-0.4, -0.2) is 39.7 Å². The molecule has 3 aromatic heterocycles. The largest absolute Gasteiger partial charge is 0.433 e. The first-order valence-electron chi connectivity index (χ1n) is 9.97. The van der Waals surface area contributed by atoms with Crippen LogP contribution in [0.5, 0.6) is 0 Å². The van der Waals surface area contributed by atoms with Crippen molar-refractivity contribution in [2.24, 2.45) is 5.41 Å². The van der Waals surface area contributed by atoms with Crippen LogP contribution < -0.4 is 10.6 Å². The molecule has 180 valence electrons. The van der Waals surface area contributed by atoms with E-state index in [-0.39, 0.29) is 34.3 Å². The Morgan fingerprint density at radius 2 is 1.62 bits per heavy atom. The van der Waals surface area contributed by atoms with Crippen molar-refractivity contribution in [3.05, 3.63) is 54.0 Å². The topological polar surface area (TPSA) is 84.9 Å². The van der Waals surface area contributed by atoms with Gasteiger partial charge in [-0.3, -0.25) is 4.98 Å². The molecular weight excluding hydrogens is 466 g/mol. The third-order valence-corrected chi connectivity index (χ3v) is 4.91. The van der Waals surface area contributed by atoms with E-state index in [0.29, 0.717) is 19.8 Å². The Morgan fingerprint density at radius 3 is 2.26 bits per heavy atom. The van der Waals surface area contributed by atoms with Crippen LogP contribution in [0.25, 0.3) is 11.5 Å². The molecule has 1 aliphatic rings. The molecule has 0 atom stereocenters. The Balaban J connectivity index is 1.69. The van der Waals surface area contributed by atoms with E-state index in [1.165, 1.54) is 24.3 Å². The molecule has 2 N–H and O–H groups in total. The number of hydrogen-bond acceptors (Lipinski definition) is 7. The quantitative estimate of drug-likeness (QED) is 0.468. The summed E-state index contributed by atoms with van der Waals surface area (Å²) in [5, 5.41) is 5.82. The fourth-order valence-electron chi connectivity index (χ4n) is 3.10. The van der Waals surface area contributed by atoms with Crippen molar-refractivity contribution in [1.29, 1.82) is 0 Å². The Bertz CT molecular complexity index is 1180. The van der Waals surface area contributed by atoms with E-state index in [1.807, 2.05) is 6.92 Å².